The fourth-order valence-electron chi connectivity index (χ4n) is 8.06. The van der Waals surface area contributed by atoms with Crippen LogP contribution in [0.25, 0.3) is 0 Å². The van der Waals surface area contributed by atoms with E-state index in [1.54, 1.807) is 0 Å². The first-order valence-electron chi connectivity index (χ1n) is 19.6. The molecule has 49 heavy (non-hydrogen) atoms. The minimum Gasteiger partial charge on any atom is -0.405 e. The van der Waals surface area contributed by atoms with Crippen LogP contribution in [-0.4, -0.2) is 61.1 Å². The van der Waals surface area contributed by atoms with Gasteiger partial charge in [-0.3, -0.25) is 0 Å². The summed E-state index contributed by atoms with van der Waals surface area (Å²) in [5.74, 6) is -2.64. The zero-order valence-corrected chi connectivity index (χ0v) is 32.6. The van der Waals surface area contributed by atoms with Crippen LogP contribution in [0.3, 0.4) is 0 Å². The minimum absolute atomic E-state index is 0.209. The number of hydrogen-bond acceptors (Lipinski definition) is 6. The molecular formula is C42H68O6Si. The van der Waals surface area contributed by atoms with Gasteiger partial charge < -0.3 is 28.8 Å². The molecule has 2 aromatic rings. The van der Waals surface area contributed by atoms with Crippen molar-refractivity contribution in [1.82, 2.24) is 0 Å². The molecule has 0 spiro atoms. The number of ether oxygens (including phenoxy) is 3. The second-order valence-corrected chi connectivity index (χ2v) is 20.5. The maximum Gasteiger partial charge on any atom is 0.261 e. The third-order valence-corrected chi connectivity index (χ3v) is 15.7. The molecule has 0 unspecified atom stereocenters. The summed E-state index contributed by atoms with van der Waals surface area (Å²) in [6.45, 7) is 12.9. The molecule has 7 heteroatoms. The van der Waals surface area contributed by atoms with Gasteiger partial charge in [-0.15, -0.1) is 0 Å². The Morgan fingerprint density at radius 1 is 0.653 bits per heavy atom. The molecule has 2 aromatic carbocycles. The summed E-state index contributed by atoms with van der Waals surface area (Å²) >= 11 is 0. The molecular weight excluding hydrogens is 629 g/mol. The Kier molecular flexibility index (Phi) is 15.4. The van der Waals surface area contributed by atoms with E-state index in [1.807, 2.05) is 26.0 Å². The van der Waals surface area contributed by atoms with Crippen molar-refractivity contribution < 1.29 is 28.8 Å². The van der Waals surface area contributed by atoms with Crippen LogP contribution in [-0.2, 0) is 18.6 Å². The predicted molar refractivity (Wildman–Crippen MR) is 203 cm³/mol. The Morgan fingerprint density at radius 2 is 1.08 bits per heavy atom. The number of aliphatic hydroxyl groups excluding tert-OH is 1. The van der Waals surface area contributed by atoms with E-state index in [0.29, 0.717) is 6.42 Å². The number of benzene rings is 2. The maximum absolute atomic E-state index is 11.9. The van der Waals surface area contributed by atoms with E-state index in [0.717, 1.165) is 19.3 Å². The Balaban J connectivity index is 1.34. The van der Waals surface area contributed by atoms with Crippen molar-refractivity contribution in [3.05, 3.63) is 60.7 Å². The van der Waals surface area contributed by atoms with Crippen LogP contribution in [0.15, 0.2) is 60.7 Å². The Morgan fingerprint density at radius 3 is 1.53 bits per heavy atom. The van der Waals surface area contributed by atoms with Crippen molar-refractivity contribution in [3.8, 4) is 0 Å². The average molecular weight is 697 g/mol. The van der Waals surface area contributed by atoms with E-state index in [2.05, 4.69) is 76.2 Å². The Bertz CT molecular complexity index is 1160. The molecule has 2 heterocycles. The van der Waals surface area contributed by atoms with Gasteiger partial charge in [0.25, 0.3) is 8.32 Å². The van der Waals surface area contributed by atoms with Crippen LogP contribution in [0.5, 0.6) is 0 Å². The second kappa shape index (κ2) is 18.8. The lowest BCUT2D eigenvalue weighted by molar-refractivity contribution is -0.336. The average Bonchev–Trinajstić information content (AvgIpc) is 3.41. The number of fused-ring (bicyclic) bond motifs is 1. The molecule has 276 valence electrons. The van der Waals surface area contributed by atoms with E-state index in [-0.39, 0.29) is 11.6 Å². The van der Waals surface area contributed by atoms with Crippen molar-refractivity contribution in [2.75, 3.05) is 6.61 Å². The van der Waals surface area contributed by atoms with E-state index in [9.17, 15) is 10.2 Å². The van der Waals surface area contributed by atoms with Gasteiger partial charge in [0, 0.05) is 6.42 Å². The first-order chi connectivity index (χ1) is 23.4. The molecule has 0 saturated carbocycles. The van der Waals surface area contributed by atoms with Crippen LogP contribution in [0, 0.1) is 0 Å². The van der Waals surface area contributed by atoms with Crippen LogP contribution >= 0.6 is 0 Å². The predicted octanol–water partition coefficient (Wildman–Crippen LogP) is 8.79. The topological polar surface area (TPSA) is 77.4 Å². The first kappa shape index (κ1) is 40.2. The van der Waals surface area contributed by atoms with Gasteiger partial charge in [0.05, 0.1) is 6.61 Å². The molecule has 2 saturated heterocycles. The number of hydrogen-bond donors (Lipinski definition) is 2. The van der Waals surface area contributed by atoms with Crippen molar-refractivity contribution in [1.29, 1.82) is 0 Å². The normalized spacial score (nSPS) is 25.4. The molecule has 0 bridgehead atoms. The highest BCUT2D eigenvalue weighted by molar-refractivity contribution is 6.99. The van der Waals surface area contributed by atoms with Gasteiger partial charge in [-0.2, -0.15) is 0 Å². The molecule has 0 aliphatic carbocycles. The smallest absolute Gasteiger partial charge is 0.261 e. The first-order valence-corrected chi connectivity index (χ1v) is 21.5. The number of unbranched alkanes of at least 4 members (excludes halogenated alkanes) is 14. The standard InChI is InChI=1S/C42H68O6Si/c1-7-8-9-10-11-12-13-14-15-16-17-18-19-20-27-32-42(44)39(43)38-37(47-41(5,6)48-38)36(46-42)33-45-49(40(2,3)4,34-28-23-21-24-29-34)35-30-25-22-26-31-35/h21-26,28-31,36-39,43-44H,7-20,27,32-33H2,1-6H3/t36-,37+,38+,39-,42+/m1/s1. The van der Waals surface area contributed by atoms with Crippen LogP contribution in [0.2, 0.25) is 5.04 Å². The van der Waals surface area contributed by atoms with Gasteiger partial charge in [-0.25, -0.2) is 0 Å². The Hall–Kier alpha value is -1.58. The van der Waals surface area contributed by atoms with Gasteiger partial charge in [0.15, 0.2) is 11.6 Å². The fourth-order valence-corrected chi connectivity index (χ4v) is 12.6. The molecule has 2 fully saturated rings. The van der Waals surface area contributed by atoms with E-state index in [1.165, 1.54) is 87.4 Å². The SMILES string of the molecule is CCCCCCCCCCCCCCCCC[C@]1(O)O[C@H](CO[Si](c2ccccc2)(c2ccccc2)C(C)(C)C)[C@@H]2OC(C)(C)O[C@@H]2[C@H]1O. The monoisotopic (exact) mass is 696 g/mol. The fraction of sp³-hybridized carbons (Fsp3) is 0.714. The summed E-state index contributed by atoms with van der Waals surface area (Å²) in [6, 6.07) is 21.1. The van der Waals surface area contributed by atoms with E-state index >= 15 is 0 Å². The summed E-state index contributed by atoms with van der Waals surface area (Å²) in [6.07, 6.45) is 16.3. The summed E-state index contributed by atoms with van der Waals surface area (Å²) in [5, 5.41) is 25.5. The summed E-state index contributed by atoms with van der Waals surface area (Å²) in [7, 11) is -2.86. The molecule has 6 nitrogen and oxygen atoms in total. The van der Waals surface area contributed by atoms with Crippen molar-refractivity contribution in [2.24, 2.45) is 0 Å². The zero-order valence-electron chi connectivity index (χ0n) is 31.6. The third-order valence-electron chi connectivity index (χ3n) is 10.7. The molecule has 4 rings (SSSR count). The highest BCUT2D eigenvalue weighted by Crippen LogP contribution is 2.43. The van der Waals surface area contributed by atoms with Crippen LogP contribution in [0.1, 0.15) is 144 Å². The van der Waals surface area contributed by atoms with E-state index < -0.39 is 44.3 Å². The summed E-state index contributed by atoms with van der Waals surface area (Å²) in [5.41, 5.74) is 0. The van der Waals surface area contributed by atoms with Crippen molar-refractivity contribution >= 4 is 18.7 Å². The molecule has 2 N–H and O–H groups in total. The summed E-state index contributed by atoms with van der Waals surface area (Å²) < 4.78 is 26.3. The number of aliphatic hydroxyl groups is 2. The van der Waals surface area contributed by atoms with Gasteiger partial charge in [-0.05, 0) is 35.7 Å². The molecule has 5 atom stereocenters. The Labute approximate surface area is 299 Å². The number of rotatable bonds is 21. The summed E-state index contributed by atoms with van der Waals surface area (Å²) in [4.78, 5) is 0. The minimum atomic E-state index is -2.86. The highest BCUT2D eigenvalue weighted by Gasteiger charge is 2.61. The molecule has 0 radical (unpaired) electrons. The van der Waals surface area contributed by atoms with Gasteiger partial charge >= 0.3 is 0 Å². The quantitative estimate of drug-likeness (QED) is 0.100. The highest BCUT2D eigenvalue weighted by atomic mass is 28.4. The van der Waals surface area contributed by atoms with Gasteiger partial charge in [0.2, 0.25) is 0 Å². The van der Waals surface area contributed by atoms with Crippen molar-refractivity contribution in [3.63, 3.8) is 0 Å². The van der Waals surface area contributed by atoms with Gasteiger partial charge in [0.1, 0.15) is 24.4 Å². The van der Waals surface area contributed by atoms with Crippen LogP contribution in [0.4, 0.5) is 0 Å². The lowest BCUT2D eigenvalue weighted by atomic mass is 9.89. The molecule has 0 aromatic heterocycles. The third kappa shape index (κ3) is 10.7. The largest absolute Gasteiger partial charge is 0.405 e. The van der Waals surface area contributed by atoms with Gasteiger partial charge in [-0.1, -0.05) is 178 Å². The lowest BCUT2D eigenvalue weighted by Gasteiger charge is -2.48. The second-order valence-electron chi connectivity index (χ2n) is 16.2. The molecule has 0 amide bonds. The zero-order chi connectivity index (χ0) is 35.4. The van der Waals surface area contributed by atoms with Crippen molar-refractivity contribution in [2.45, 2.75) is 185 Å². The molecule has 2 aliphatic heterocycles. The van der Waals surface area contributed by atoms with Crippen LogP contribution < -0.4 is 10.4 Å². The van der Waals surface area contributed by atoms with E-state index in [4.69, 9.17) is 18.6 Å². The molecule has 2 aliphatic rings. The lowest BCUT2D eigenvalue weighted by Crippen LogP contribution is -2.69. The maximum atomic E-state index is 11.9.